The largest absolute Gasteiger partial charge is 0.367 e. The molecule has 0 bridgehead atoms. The van der Waals surface area contributed by atoms with Crippen molar-refractivity contribution in [2.24, 2.45) is 0 Å². The number of H-pyrrole nitrogens is 2. The monoisotopic (exact) mass is 355 g/mol. The molecule has 1 saturated heterocycles. The molecule has 1 aliphatic rings. The van der Waals surface area contributed by atoms with Crippen LogP contribution in [0.5, 0.6) is 0 Å². The van der Waals surface area contributed by atoms with Crippen molar-refractivity contribution >= 4 is 16.9 Å². The predicted octanol–water partition coefficient (Wildman–Crippen LogP) is 0.956. The van der Waals surface area contributed by atoms with Gasteiger partial charge in [-0.3, -0.25) is 4.79 Å². The van der Waals surface area contributed by atoms with Crippen LogP contribution in [0.15, 0.2) is 24.4 Å². The van der Waals surface area contributed by atoms with Crippen LogP contribution < -0.4 is 0 Å². The number of rotatable bonds is 4. The summed E-state index contributed by atoms with van der Waals surface area (Å²) in [6, 6.07) is 5.33. The van der Waals surface area contributed by atoms with Gasteiger partial charge in [0.1, 0.15) is 23.0 Å². The number of carbonyl (C=O) groups is 1. The molecule has 136 valence electrons. The third-order valence-electron chi connectivity index (χ3n) is 4.36. The van der Waals surface area contributed by atoms with Gasteiger partial charge in [0.05, 0.1) is 13.2 Å². The number of aromatic nitrogens is 5. The van der Waals surface area contributed by atoms with E-state index in [9.17, 15) is 4.79 Å². The Hall–Kier alpha value is -2.78. The van der Waals surface area contributed by atoms with Crippen LogP contribution in [0.4, 0.5) is 0 Å². The lowest BCUT2D eigenvalue weighted by molar-refractivity contribution is -0.0265. The first kappa shape index (κ1) is 16.7. The minimum atomic E-state index is -0.251. The van der Waals surface area contributed by atoms with E-state index in [0.717, 1.165) is 23.6 Å². The lowest BCUT2D eigenvalue weighted by atomic mass is 10.1. The zero-order valence-electron chi connectivity index (χ0n) is 14.8. The van der Waals surface area contributed by atoms with E-state index in [1.54, 1.807) is 23.1 Å². The maximum Gasteiger partial charge on any atom is 0.254 e. The molecule has 0 unspecified atom stereocenters. The van der Waals surface area contributed by atoms with Crippen molar-refractivity contribution in [3.63, 3.8) is 0 Å². The molecule has 4 rings (SSSR count). The van der Waals surface area contributed by atoms with Crippen LogP contribution in [0.25, 0.3) is 11.0 Å². The SMILES string of the molecule is CN(C)Cc1cnc([C@@H]2CN(C(=O)c3ccc4n[nH]nc4c3)CCO2)[nH]1. The maximum absolute atomic E-state index is 12.9. The minimum absolute atomic E-state index is 0.0386. The zero-order chi connectivity index (χ0) is 18.1. The van der Waals surface area contributed by atoms with Gasteiger partial charge < -0.3 is 19.5 Å². The second kappa shape index (κ2) is 6.85. The van der Waals surface area contributed by atoms with Gasteiger partial charge in [0.25, 0.3) is 5.91 Å². The van der Waals surface area contributed by atoms with Crippen molar-refractivity contribution in [3.8, 4) is 0 Å². The van der Waals surface area contributed by atoms with Gasteiger partial charge in [-0.2, -0.15) is 15.4 Å². The van der Waals surface area contributed by atoms with Crippen molar-refractivity contribution in [2.75, 3.05) is 33.8 Å². The molecule has 0 aliphatic carbocycles. The summed E-state index contributed by atoms with van der Waals surface area (Å²) in [6.45, 7) is 2.27. The highest BCUT2D eigenvalue weighted by Gasteiger charge is 2.28. The van der Waals surface area contributed by atoms with Crippen LogP contribution in [0, 0.1) is 0 Å². The fourth-order valence-electron chi connectivity index (χ4n) is 3.12. The Kier molecular flexibility index (Phi) is 4.39. The highest BCUT2D eigenvalue weighted by Crippen LogP contribution is 2.22. The molecule has 1 fully saturated rings. The number of hydrogen-bond acceptors (Lipinski definition) is 6. The second-order valence-corrected chi connectivity index (χ2v) is 6.67. The molecule has 26 heavy (non-hydrogen) atoms. The first-order chi connectivity index (χ1) is 12.6. The topological polar surface area (TPSA) is 103 Å². The van der Waals surface area contributed by atoms with Crippen LogP contribution in [-0.4, -0.2) is 74.9 Å². The first-order valence-electron chi connectivity index (χ1n) is 8.50. The van der Waals surface area contributed by atoms with Crippen molar-refractivity contribution in [1.29, 1.82) is 0 Å². The molecule has 1 aromatic carbocycles. The molecule has 3 aromatic rings. The minimum Gasteiger partial charge on any atom is -0.367 e. The lowest BCUT2D eigenvalue weighted by Gasteiger charge is -2.32. The van der Waals surface area contributed by atoms with Crippen molar-refractivity contribution in [2.45, 2.75) is 12.6 Å². The van der Waals surface area contributed by atoms with E-state index in [1.165, 1.54) is 0 Å². The molecule has 2 N–H and O–H groups in total. The molecule has 9 nitrogen and oxygen atoms in total. The summed E-state index contributed by atoms with van der Waals surface area (Å²) in [7, 11) is 4.01. The molecular weight excluding hydrogens is 334 g/mol. The van der Waals surface area contributed by atoms with E-state index < -0.39 is 0 Å². The van der Waals surface area contributed by atoms with Crippen LogP contribution in [0.2, 0.25) is 0 Å². The molecule has 1 atom stereocenters. The van der Waals surface area contributed by atoms with Crippen molar-refractivity contribution in [1.82, 2.24) is 35.2 Å². The quantitative estimate of drug-likeness (QED) is 0.722. The van der Waals surface area contributed by atoms with Crippen LogP contribution in [0.3, 0.4) is 0 Å². The number of carbonyl (C=O) groups excluding carboxylic acids is 1. The summed E-state index contributed by atoms with van der Waals surface area (Å²) >= 11 is 0. The van der Waals surface area contributed by atoms with E-state index in [4.69, 9.17) is 4.74 Å². The van der Waals surface area contributed by atoms with E-state index in [-0.39, 0.29) is 12.0 Å². The Labute approximate surface area is 150 Å². The van der Waals surface area contributed by atoms with E-state index in [0.29, 0.717) is 30.8 Å². The van der Waals surface area contributed by atoms with Crippen LogP contribution in [-0.2, 0) is 11.3 Å². The number of imidazole rings is 1. The normalized spacial score (nSPS) is 18.0. The van der Waals surface area contributed by atoms with Gasteiger partial charge in [0.2, 0.25) is 0 Å². The zero-order valence-corrected chi connectivity index (χ0v) is 14.8. The number of aromatic amines is 2. The summed E-state index contributed by atoms with van der Waals surface area (Å²) in [5.41, 5.74) is 3.04. The average Bonchev–Trinajstić information content (AvgIpc) is 3.29. The summed E-state index contributed by atoms with van der Waals surface area (Å²) in [5, 5.41) is 10.6. The van der Waals surface area contributed by atoms with E-state index >= 15 is 0 Å². The number of nitrogens with zero attached hydrogens (tertiary/aromatic N) is 5. The van der Waals surface area contributed by atoms with Gasteiger partial charge in [-0.1, -0.05) is 0 Å². The molecule has 0 radical (unpaired) electrons. The Bertz CT molecular complexity index is 917. The number of fused-ring (bicyclic) bond motifs is 1. The Balaban J connectivity index is 1.48. The highest BCUT2D eigenvalue weighted by molar-refractivity contribution is 5.97. The Morgan fingerprint density at radius 2 is 2.19 bits per heavy atom. The van der Waals surface area contributed by atoms with Gasteiger partial charge in [-0.15, -0.1) is 0 Å². The number of benzene rings is 1. The van der Waals surface area contributed by atoms with Crippen molar-refractivity contribution in [3.05, 3.63) is 41.5 Å². The highest BCUT2D eigenvalue weighted by atomic mass is 16.5. The molecule has 1 aliphatic heterocycles. The molecular formula is C17H21N7O2. The Morgan fingerprint density at radius 1 is 1.35 bits per heavy atom. The smallest absolute Gasteiger partial charge is 0.254 e. The Morgan fingerprint density at radius 3 is 3.04 bits per heavy atom. The molecule has 9 heteroatoms. The second-order valence-electron chi connectivity index (χ2n) is 6.67. The van der Waals surface area contributed by atoms with Crippen molar-refractivity contribution < 1.29 is 9.53 Å². The van der Waals surface area contributed by atoms with Crippen LogP contribution >= 0.6 is 0 Å². The molecule has 2 aromatic heterocycles. The van der Waals surface area contributed by atoms with E-state index in [1.807, 2.05) is 20.3 Å². The number of ether oxygens (including phenoxy) is 1. The molecule has 0 spiro atoms. The first-order valence-corrected chi connectivity index (χ1v) is 8.50. The average molecular weight is 355 g/mol. The number of morpholine rings is 1. The third kappa shape index (κ3) is 3.31. The predicted molar refractivity (Wildman–Crippen MR) is 94.5 cm³/mol. The summed E-state index contributed by atoms with van der Waals surface area (Å²) in [4.78, 5) is 24.4. The van der Waals surface area contributed by atoms with Gasteiger partial charge in [0.15, 0.2) is 0 Å². The standard InChI is InChI=1S/C17H21N7O2/c1-23(2)9-12-8-18-16(19-12)15-10-24(5-6-26-15)17(25)11-3-4-13-14(7-11)21-22-20-13/h3-4,7-8,15H,5-6,9-10H2,1-2H3,(H,18,19)(H,20,21,22)/t15-/m0/s1. The molecule has 1 amide bonds. The van der Waals surface area contributed by atoms with Gasteiger partial charge in [-0.25, -0.2) is 4.98 Å². The number of hydrogen-bond donors (Lipinski definition) is 2. The lowest BCUT2D eigenvalue weighted by Crippen LogP contribution is -2.42. The summed E-state index contributed by atoms with van der Waals surface area (Å²) in [5.74, 6) is 0.717. The van der Waals surface area contributed by atoms with Gasteiger partial charge in [-0.05, 0) is 32.3 Å². The fraction of sp³-hybridized carbons (Fsp3) is 0.412. The third-order valence-corrected chi connectivity index (χ3v) is 4.36. The van der Waals surface area contributed by atoms with E-state index in [2.05, 4.69) is 30.3 Å². The molecule has 3 heterocycles. The van der Waals surface area contributed by atoms with Crippen LogP contribution in [0.1, 0.15) is 28.0 Å². The summed E-state index contributed by atoms with van der Waals surface area (Å²) < 4.78 is 5.83. The number of nitrogens with one attached hydrogen (secondary N) is 2. The maximum atomic E-state index is 12.9. The molecule has 0 saturated carbocycles. The van der Waals surface area contributed by atoms with Gasteiger partial charge in [0, 0.05) is 30.5 Å². The fourth-order valence-corrected chi connectivity index (χ4v) is 3.12. The van der Waals surface area contributed by atoms with Gasteiger partial charge >= 0.3 is 0 Å². The summed E-state index contributed by atoms with van der Waals surface area (Å²) in [6.07, 6.45) is 1.57. The number of amides is 1.